The van der Waals surface area contributed by atoms with Crippen molar-refractivity contribution in [1.29, 1.82) is 5.26 Å². The third-order valence-electron chi connectivity index (χ3n) is 1.67. The van der Waals surface area contributed by atoms with Crippen LogP contribution in [0, 0.1) is 17.1 Å². The van der Waals surface area contributed by atoms with Gasteiger partial charge in [-0.2, -0.15) is 5.26 Å². The Hall–Kier alpha value is -1.47. The van der Waals surface area contributed by atoms with Crippen LogP contribution in [0.3, 0.4) is 0 Å². The quantitative estimate of drug-likeness (QED) is 0.761. The van der Waals surface area contributed by atoms with E-state index in [0.29, 0.717) is 0 Å². The van der Waals surface area contributed by atoms with E-state index in [4.69, 9.17) is 26.3 Å². The second-order valence-electron chi connectivity index (χ2n) is 2.39. The van der Waals surface area contributed by atoms with Crippen LogP contribution in [-0.4, -0.2) is 14.2 Å². The first-order chi connectivity index (χ1) is 6.65. The average Bonchev–Trinajstić information content (AvgIpc) is 2.20. The van der Waals surface area contributed by atoms with E-state index >= 15 is 0 Å². The summed E-state index contributed by atoms with van der Waals surface area (Å²) in [5.74, 6) is -0.515. The molecule has 0 aliphatic rings. The van der Waals surface area contributed by atoms with Crippen molar-refractivity contribution in [3.05, 3.63) is 22.5 Å². The fourth-order valence-electron chi connectivity index (χ4n) is 1.04. The summed E-state index contributed by atoms with van der Waals surface area (Å²) in [6.07, 6.45) is 0. The van der Waals surface area contributed by atoms with Crippen LogP contribution in [0.1, 0.15) is 5.56 Å². The van der Waals surface area contributed by atoms with E-state index in [-0.39, 0.29) is 22.1 Å². The number of methoxy groups -OCH3 is 2. The maximum absolute atomic E-state index is 13.3. The van der Waals surface area contributed by atoms with Gasteiger partial charge < -0.3 is 9.47 Å². The van der Waals surface area contributed by atoms with Gasteiger partial charge in [-0.15, -0.1) is 0 Å². The first kappa shape index (κ1) is 10.6. The van der Waals surface area contributed by atoms with Crippen molar-refractivity contribution in [2.75, 3.05) is 14.2 Å². The third-order valence-corrected chi connectivity index (χ3v) is 1.95. The third kappa shape index (κ3) is 1.59. The number of benzene rings is 1. The lowest BCUT2D eigenvalue weighted by molar-refractivity contribution is 0.351. The Kier molecular flexibility index (Phi) is 3.15. The molecule has 0 unspecified atom stereocenters. The van der Waals surface area contributed by atoms with Crippen LogP contribution in [-0.2, 0) is 0 Å². The molecular weight excluding hydrogens is 209 g/mol. The van der Waals surface area contributed by atoms with Gasteiger partial charge in [0, 0.05) is 6.07 Å². The zero-order chi connectivity index (χ0) is 10.7. The number of hydrogen-bond donors (Lipinski definition) is 0. The van der Waals surface area contributed by atoms with E-state index in [0.717, 1.165) is 0 Å². The number of halogens is 2. The Labute approximate surface area is 85.6 Å². The summed E-state index contributed by atoms with van der Waals surface area (Å²) in [6, 6.07) is 2.93. The second-order valence-corrected chi connectivity index (χ2v) is 2.80. The summed E-state index contributed by atoms with van der Waals surface area (Å²) >= 11 is 5.54. The van der Waals surface area contributed by atoms with Gasteiger partial charge in [0.05, 0.1) is 19.2 Å². The molecule has 0 aliphatic heterocycles. The van der Waals surface area contributed by atoms with Gasteiger partial charge in [-0.1, -0.05) is 11.6 Å². The van der Waals surface area contributed by atoms with Gasteiger partial charge in [-0.25, -0.2) is 4.39 Å². The summed E-state index contributed by atoms with van der Waals surface area (Å²) in [7, 11) is 2.71. The number of hydrogen-bond acceptors (Lipinski definition) is 3. The SMILES string of the molecule is COc1cc(Cl)c(F)c(C#N)c1OC. The van der Waals surface area contributed by atoms with Crippen LogP contribution in [0.2, 0.25) is 5.02 Å². The Morgan fingerprint density at radius 3 is 2.50 bits per heavy atom. The minimum absolute atomic E-state index is 0.0527. The van der Waals surface area contributed by atoms with E-state index in [1.807, 2.05) is 0 Å². The maximum atomic E-state index is 13.3. The molecular formula is C9H7ClFNO2. The smallest absolute Gasteiger partial charge is 0.181 e. The van der Waals surface area contributed by atoms with Crippen LogP contribution in [0.4, 0.5) is 4.39 Å². The largest absolute Gasteiger partial charge is 0.493 e. The monoisotopic (exact) mass is 215 g/mol. The van der Waals surface area contributed by atoms with E-state index < -0.39 is 5.82 Å². The first-order valence-electron chi connectivity index (χ1n) is 3.65. The van der Waals surface area contributed by atoms with Gasteiger partial charge in [0.25, 0.3) is 0 Å². The Balaban J connectivity index is 3.52. The first-order valence-corrected chi connectivity index (χ1v) is 4.03. The standard InChI is InChI=1S/C9H7ClFNO2/c1-13-7-3-6(10)8(11)5(4-12)9(7)14-2/h3H,1-2H3. The summed E-state index contributed by atoms with van der Waals surface area (Å²) in [4.78, 5) is 0. The van der Waals surface area contributed by atoms with Crippen LogP contribution < -0.4 is 9.47 Å². The van der Waals surface area contributed by atoms with Crippen molar-refractivity contribution in [3.63, 3.8) is 0 Å². The zero-order valence-corrected chi connectivity index (χ0v) is 8.35. The van der Waals surface area contributed by atoms with Crippen molar-refractivity contribution in [2.24, 2.45) is 0 Å². The van der Waals surface area contributed by atoms with Crippen LogP contribution in [0.5, 0.6) is 11.5 Å². The Morgan fingerprint density at radius 1 is 1.43 bits per heavy atom. The molecule has 14 heavy (non-hydrogen) atoms. The molecule has 0 aliphatic carbocycles. The van der Waals surface area contributed by atoms with Gasteiger partial charge >= 0.3 is 0 Å². The van der Waals surface area contributed by atoms with Gasteiger partial charge in [0.15, 0.2) is 17.3 Å². The zero-order valence-electron chi connectivity index (χ0n) is 7.60. The summed E-state index contributed by atoms with van der Waals surface area (Å²) < 4.78 is 23.0. The van der Waals surface area contributed by atoms with Crippen LogP contribution >= 0.6 is 11.6 Å². The Morgan fingerprint density at radius 2 is 2.07 bits per heavy atom. The average molecular weight is 216 g/mol. The lowest BCUT2D eigenvalue weighted by Crippen LogP contribution is -1.97. The molecule has 0 fully saturated rings. The lowest BCUT2D eigenvalue weighted by Gasteiger charge is -2.10. The van der Waals surface area contributed by atoms with Gasteiger partial charge in [-0.3, -0.25) is 0 Å². The second kappa shape index (κ2) is 4.16. The molecule has 3 nitrogen and oxygen atoms in total. The molecule has 0 spiro atoms. The molecule has 0 saturated heterocycles. The van der Waals surface area contributed by atoms with E-state index in [2.05, 4.69) is 0 Å². The highest BCUT2D eigenvalue weighted by molar-refractivity contribution is 6.31. The fourth-order valence-corrected chi connectivity index (χ4v) is 1.23. The van der Waals surface area contributed by atoms with E-state index in [1.165, 1.54) is 20.3 Å². The molecule has 74 valence electrons. The molecule has 0 saturated carbocycles. The minimum atomic E-state index is -0.799. The van der Waals surface area contributed by atoms with E-state index in [9.17, 15) is 4.39 Å². The minimum Gasteiger partial charge on any atom is -0.493 e. The molecule has 0 heterocycles. The number of rotatable bonds is 2. The van der Waals surface area contributed by atoms with Crippen molar-refractivity contribution in [2.45, 2.75) is 0 Å². The van der Waals surface area contributed by atoms with Crippen LogP contribution in [0.15, 0.2) is 6.07 Å². The summed E-state index contributed by atoms with van der Waals surface area (Å²) in [6.45, 7) is 0. The molecule has 0 bridgehead atoms. The van der Waals surface area contributed by atoms with Gasteiger partial charge in [-0.05, 0) is 0 Å². The molecule has 0 atom stereocenters. The molecule has 1 rings (SSSR count). The molecule has 0 amide bonds. The predicted octanol–water partition coefficient (Wildman–Crippen LogP) is 2.37. The van der Waals surface area contributed by atoms with Crippen molar-refractivity contribution in [3.8, 4) is 17.6 Å². The predicted molar refractivity (Wildman–Crippen MR) is 49.2 cm³/mol. The van der Waals surface area contributed by atoms with Gasteiger partial charge in [0.1, 0.15) is 11.6 Å². The summed E-state index contributed by atoms with van der Waals surface area (Å²) in [5.41, 5.74) is -0.253. The number of ether oxygens (including phenoxy) is 2. The normalized spacial score (nSPS) is 9.36. The molecule has 1 aromatic rings. The van der Waals surface area contributed by atoms with Crippen LogP contribution in [0.25, 0.3) is 0 Å². The van der Waals surface area contributed by atoms with Gasteiger partial charge in [0.2, 0.25) is 0 Å². The molecule has 0 N–H and O–H groups in total. The summed E-state index contributed by atoms with van der Waals surface area (Å²) in [5, 5.41) is 8.52. The highest BCUT2D eigenvalue weighted by Crippen LogP contribution is 2.36. The topological polar surface area (TPSA) is 42.2 Å². The van der Waals surface area contributed by atoms with Crippen molar-refractivity contribution < 1.29 is 13.9 Å². The Bertz CT molecular complexity index is 401. The van der Waals surface area contributed by atoms with Crippen molar-refractivity contribution >= 4 is 11.6 Å². The number of nitrogens with zero attached hydrogens (tertiary/aromatic N) is 1. The molecule has 5 heteroatoms. The van der Waals surface area contributed by atoms with Crippen molar-refractivity contribution in [1.82, 2.24) is 0 Å². The lowest BCUT2D eigenvalue weighted by atomic mass is 10.2. The van der Waals surface area contributed by atoms with E-state index in [1.54, 1.807) is 6.07 Å². The fraction of sp³-hybridized carbons (Fsp3) is 0.222. The highest BCUT2D eigenvalue weighted by Gasteiger charge is 2.18. The molecule has 0 aromatic heterocycles. The molecule has 1 aromatic carbocycles. The highest BCUT2D eigenvalue weighted by atomic mass is 35.5. The number of nitriles is 1. The molecule has 0 radical (unpaired) electrons. The maximum Gasteiger partial charge on any atom is 0.181 e.